The summed E-state index contributed by atoms with van der Waals surface area (Å²) in [5.74, 6) is 1.55. The first kappa shape index (κ1) is 28.0. The van der Waals surface area contributed by atoms with Gasteiger partial charge in [0.25, 0.3) is 0 Å². The van der Waals surface area contributed by atoms with Crippen molar-refractivity contribution in [2.45, 2.75) is 6.17 Å². The maximum Gasteiger partial charge on any atom is 0.170 e. The predicted octanol–water partition coefficient (Wildman–Crippen LogP) is 11.1. The lowest BCUT2D eigenvalue weighted by atomic mass is 10.0. The smallest absolute Gasteiger partial charge is 0.170 e. The number of nitrogens with one attached hydrogen (secondary N) is 1. The van der Waals surface area contributed by atoms with Gasteiger partial charge in [0.05, 0.1) is 11.0 Å². The van der Waals surface area contributed by atoms with Crippen LogP contribution in [-0.2, 0) is 0 Å². The number of benzene rings is 7. The van der Waals surface area contributed by atoms with E-state index in [9.17, 15) is 0 Å². The van der Waals surface area contributed by atoms with Crippen molar-refractivity contribution in [2.75, 3.05) is 0 Å². The first-order valence-electron chi connectivity index (χ1n) is 17.1. The lowest BCUT2D eigenvalue weighted by molar-refractivity contribution is 0.663. The topological polar surface area (TPSA) is 68.0 Å². The second-order valence-corrected chi connectivity index (χ2v) is 13.0. The van der Waals surface area contributed by atoms with Crippen LogP contribution >= 0.6 is 0 Å². The average Bonchev–Trinajstić information content (AvgIpc) is 3.86. The molecule has 10 aromatic rings. The van der Waals surface area contributed by atoms with Gasteiger partial charge in [-0.05, 0) is 42.5 Å². The van der Waals surface area contributed by atoms with E-state index < -0.39 is 6.17 Å². The minimum atomic E-state index is -0.485. The van der Waals surface area contributed by atoms with Gasteiger partial charge in [-0.2, -0.15) is 0 Å². The average molecular weight is 657 g/mol. The summed E-state index contributed by atoms with van der Waals surface area (Å²) < 4.78 is 15.5. The van der Waals surface area contributed by atoms with Crippen LogP contribution in [0.3, 0.4) is 0 Å². The van der Waals surface area contributed by atoms with Gasteiger partial charge in [0.15, 0.2) is 6.17 Å². The summed E-state index contributed by atoms with van der Waals surface area (Å²) in [4.78, 5) is 10.3. The van der Waals surface area contributed by atoms with Gasteiger partial charge in [0.1, 0.15) is 34.0 Å². The number of amidine groups is 2. The second-order valence-electron chi connectivity index (χ2n) is 13.0. The van der Waals surface area contributed by atoms with Gasteiger partial charge in [-0.25, -0.2) is 9.98 Å². The maximum atomic E-state index is 6.66. The van der Waals surface area contributed by atoms with E-state index in [1.165, 1.54) is 21.8 Å². The first-order valence-corrected chi connectivity index (χ1v) is 17.1. The van der Waals surface area contributed by atoms with Crippen LogP contribution in [-0.4, -0.2) is 16.2 Å². The molecule has 1 aliphatic heterocycles. The molecule has 3 aromatic heterocycles. The summed E-state index contributed by atoms with van der Waals surface area (Å²) in [7, 11) is 0. The highest BCUT2D eigenvalue weighted by Crippen LogP contribution is 2.41. The summed E-state index contributed by atoms with van der Waals surface area (Å²) in [6.45, 7) is 0. The Morgan fingerprint density at radius 1 is 0.451 bits per heavy atom. The Labute approximate surface area is 291 Å². The highest BCUT2D eigenvalue weighted by molar-refractivity contribution is 6.18. The fourth-order valence-corrected chi connectivity index (χ4v) is 7.74. The summed E-state index contributed by atoms with van der Waals surface area (Å²) in [5, 5.41) is 9.98. The van der Waals surface area contributed by atoms with E-state index in [1.807, 2.05) is 48.5 Å². The van der Waals surface area contributed by atoms with Crippen LogP contribution in [0.5, 0.6) is 0 Å². The number of hydrogen-bond acceptors (Lipinski definition) is 5. The zero-order valence-corrected chi connectivity index (χ0v) is 27.2. The standard InChI is InChI=1S/C45H28N4O2/c1-3-12-27(13-4-1)43-46-44(28-14-5-2-6-15-28)48-45(47-43)33-18-11-21-38-42(33)35-26-40-34(25-41(35)50-38)32-23-22-29(24-39(32)51-40)49-36-19-9-7-16-30(36)31-17-8-10-20-37(31)49/h1-26,45H,(H,46,47,48). The summed E-state index contributed by atoms with van der Waals surface area (Å²) >= 11 is 0. The molecule has 4 heterocycles. The van der Waals surface area contributed by atoms with E-state index in [0.29, 0.717) is 0 Å². The van der Waals surface area contributed by atoms with Crippen LogP contribution in [0.15, 0.2) is 177 Å². The van der Waals surface area contributed by atoms with Crippen molar-refractivity contribution in [3.63, 3.8) is 0 Å². The predicted molar refractivity (Wildman–Crippen MR) is 207 cm³/mol. The summed E-state index contributed by atoms with van der Waals surface area (Å²) in [6.07, 6.45) is -0.485. The van der Waals surface area contributed by atoms with Gasteiger partial charge in [-0.1, -0.05) is 109 Å². The SMILES string of the molecule is c1ccc(C2=NC(c3cccc4oc5cc6c(cc5c34)oc3cc(-n4c5ccccc5c5ccccc54)ccc36)N=C(c3ccccc3)N2)cc1. The van der Waals surface area contributed by atoms with Crippen LogP contribution in [0.4, 0.5) is 0 Å². The van der Waals surface area contributed by atoms with E-state index in [-0.39, 0.29) is 0 Å². The Balaban J connectivity index is 1.09. The Morgan fingerprint density at radius 3 is 1.71 bits per heavy atom. The molecule has 0 bridgehead atoms. The van der Waals surface area contributed by atoms with Gasteiger partial charge in [0, 0.05) is 60.8 Å². The number of furan rings is 2. The number of nitrogens with zero attached hydrogens (tertiary/aromatic N) is 3. The van der Waals surface area contributed by atoms with Crippen LogP contribution in [0.2, 0.25) is 0 Å². The van der Waals surface area contributed by atoms with Crippen molar-refractivity contribution in [3.05, 3.63) is 174 Å². The molecule has 0 atom stereocenters. The fraction of sp³-hybridized carbons (Fsp3) is 0.0222. The third-order valence-corrected chi connectivity index (χ3v) is 10.1. The number of aliphatic imine (C=N–C) groups is 2. The van der Waals surface area contributed by atoms with E-state index in [2.05, 4.69) is 119 Å². The molecule has 11 rings (SSSR count). The number of para-hydroxylation sites is 2. The molecule has 1 N–H and O–H groups in total. The molecular formula is C45H28N4O2. The van der Waals surface area contributed by atoms with Crippen LogP contribution in [0, 0.1) is 0 Å². The maximum absolute atomic E-state index is 6.66. The van der Waals surface area contributed by atoms with E-state index in [1.54, 1.807) is 0 Å². The van der Waals surface area contributed by atoms with E-state index in [4.69, 9.17) is 18.8 Å². The molecule has 51 heavy (non-hydrogen) atoms. The van der Waals surface area contributed by atoms with Crippen molar-refractivity contribution >= 4 is 77.4 Å². The molecule has 6 nitrogen and oxygen atoms in total. The van der Waals surface area contributed by atoms with Gasteiger partial charge in [-0.3, -0.25) is 0 Å². The minimum absolute atomic E-state index is 0.485. The van der Waals surface area contributed by atoms with Crippen molar-refractivity contribution in [1.29, 1.82) is 0 Å². The Bertz CT molecular complexity index is 2950. The molecule has 6 heteroatoms. The second kappa shape index (κ2) is 10.8. The molecular weight excluding hydrogens is 629 g/mol. The fourth-order valence-electron chi connectivity index (χ4n) is 7.74. The van der Waals surface area contributed by atoms with Gasteiger partial charge in [-0.15, -0.1) is 0 Å². The van der Waals surface area contributed by atoms with Crippen LogP contribution in [0.1, 0.15) is 22.9 Å². The monoisotopic (exact) mass is 656 g/mol. The van der Waals surface area contributed by atoms with Crippen molar-refractivity contribution in [1.82, 2.24) is 9.88 Å². The molecule has 0 fully saturated rings. The zero-order valence-electron chi connectivity index (χ0n) is 27.2. The third kappa shape index (κ3) is 4.30. The molecule has 0 amide bonds. The Hall–Kier alpha value is -6.92. The number of fused-ring (bicyclic) bond motifs is 9. The zero-order chi connectivity index (χ0) is 33.5. The molecule has 1 aliphatic rings. The number of hydrogen-bond donors (Lipinski definition) is 1. The normalized spacial score (nSPS) is 13.8. The largest absolute Gasteiger partial charge is 0.456 e. The molecule has 0 unspecified atom stereocenters. The third-order valence-electron chi connectivity index (χ3n) is 10.1. The van der Waals surface area contributed by atoms with Crippen molar-refractivity contribution in [3.8, 4) is 5.69 Å². The van der Waals surface area contributed by atoms with Gasteiger partial charge < -0.3 is 18.7 Å². The molecule has 7 aromatic carbocycles. The minimum Gasteiger partial charge on any atom is -0.456 e. The summed E-state index contributed by atoms with van der Waals surface area (Å²) in [5.41, 5.74) is 9.58. The van der Waals surface area contributed by atoms with E-state index >= 15 is 0 Å². The first-order chi connectivity index (χ1) is 25.3. The lowest BCUT2D eigenvalue weighted by Gasteiger charge is -2.22. The Morgan fingerprint density at radius 2 is 1.02 bits per heavy atom. The highest BCUT2D eigenvalue weighted by Gasteiger charge is 2.25. The Kier molecular flexibility index (Phi) is 5.92. The van der Waals surface area contributed by atoms with Crippen molar-refractivity contribution < 1.29 is 8.83 Å². The lowest BCUT2D eigenvalue weighted by Crippen LogP contribution is -2.36. The van der Waals surface area contributed by atoms with Gasteiger partial charge >= 0.3 is 0 Å². The molecule has 240 valence electrons. The molecule has 0 spiro atoms. The molecule has 0 saturated heterocycles. The highest BCUT2D eigenvalue weighted by atomic mass is 16.3. The molecule has 0 radical (unpaired) electrons. The molecule has 0 saturated carbocycles. The quantitative estimate of drug-likeness (QED) is 0.205. The van der Waals surface area contributed by atoms with Crippen molar-refractivity contribution in [2.24, 2.45) is 9.98 Å². The summed E-state index contributed by atoms with van der Waals surface area (Å²) in [6, 6.07) is 54.4. The van der Waals surface area contributed by atoms with Gasteiger partial charge in [0.2, 0.25) is 0 Å². The van der Waals surface area contributed by atoms with Crippen LogP contribution < -0.4 is 5.32 Å². The van der Waals surface area contributed by atoms with Crippen LogP contribution in [0.25, 0.3) is 71.4 Å². The van der Waals surface area contributed by atoms with E-state index in [0.717, 1.165) is 77.9 Å². The number of rotatable bonds is 4. The molecule has 0 aliphatic carbocycles. The number of aromatic nitrogens is 1.